The molecule has 1 aliphatic rings. The largest absolute Gasteiger partial charge is 0.478 e. The molecule has 1 atom stereocenters. The quantitative estimate of drug-likeness (QED) is 0.581. The van der Waals surface area contributed by atoms with E-state index in [9.17, 15) is 0 Å². The van der Waals surface area contributed by atoms with Gasteiger partial charge in [-0.3, -0.25) is 5.73 Å². The highest BCUT2D eigenvalue weighted by atomic mass is 79.9. The molecule has 0 radical (unpaired) electrons. The number of rotatable bonds is 0. The molecule has 0 aromatic rings. The van der Waals surface area contributed by atoms with Crippen LogP contribution in [-0.4, -0.2) is 6.23 Å². The second-order valence-electron chi connectivity index (χ2n) is 1.69. The molecule has 0 aliphatic carbocycles. The van der Waals surface area contributed by atoms with Gasteiger partial charge in [-0.15, -0.1) is 0 Å². The SMILES string of the molecule is NC1=CC(N)OC=C1Br. The number of hydrogen-bond acceptors (Lipinski definition) is 3. The molecule has 50 valence electrons. The van der Waals surface area contributed by atoms with Crippen LogP contribution in [0.25, 0.3) is 0 Å². The van der Waals surface area contributed by atoms with E-state index in [1.54, 1.807) is 6.08 Å². The van der Waals surface area contributed by atoms with Gasteiger partial charge < -0.3 is 10.5 Å². The topological polar surface area (TPSA) is 61.3 Å². The summed E-state index contributed by atoms with van der Waals surface area (Å²) in [5.41, 5.74) is 11.4. The molecule has 1 unspecified atom stereocenters. The zero-order valence-electron chi connectivity index (χ0n) is 4.67. The summed E-state index contributed by atoms with van der Waals surface area (Å²) in [5, 5.41) is 0. The first-order valence-electron chi connectivity index (χ1n) is 2.44. The van der Waals surface area contributed by atoms with Crippen molar-refractivity contribution in [3.8, 4) is 0 Å². The number of ether oxygens (including phenoxy) is 1. The Bertz CT molecular complexity index is 176. The Morgan fingerprint density at radius 1 is 1.67 bits per heavy atom. The third-order valence-corrected chi connectivity index (χ3v) is 1.59. The minimum absolute atomic E-state index is 0.397. The minimum atomic E-state index is -0.397. The smallest absolute Gasteiger partial charge is 0.168 e. The van der Waals surface area contributed by atoms with E-state index in [1.165, 1.54) is 6.26 Å². The van der Waals surface area contributed by atoms with Gasteiger partial charge >= 0.3 is 0 Å². The average Bonchev–Trinajstić information content (AvgIpc) is 1.80. The van der Waals surface area contributed by atoms with E-state index in [0.717, 1.165) is 4.48 Å². The van der Waals surface area contributed by atoms with E-state index in [1.807, 2.05) is 0 Å². The van der Waals surface area contributed by atoms with E-state index < -0.39 is 6.23 Å². The van der Waals surface area contributed by atoms with Crippen molar-refractivity contribution in [1.29, 1.82) is 0 Å². The maximum atomic E-state index is 5.45. The van der Waals surface area contributed by atoms with Gasteiger partial charge in [0, 0.05) is 5.70 Å². The highest BCUT2D eigenvalue weighted by molar-refractivity contribution is 9.11. The molecule has 0 aromatic carbocycles. The Morgan fingerprint density at radius 2 is 2.33 bits per heavy atom. The second-order valence-corrected chi connectivity index (χ2v) is 2.54. The van der Waals surface area contributed by atoms with Crippen molar-refractivity contribution >= 4 is 15.9 Å². The lowest BCUT2D eigenvalue weighted by Crippen LogP contribution is -2.23. The molecule has 1 rings (SSSR count). The molecular weight excluding hydrogens is 184 g/mol. The summed E-state index contributed by atoms with van der Waals surface area (Å²) < 4.78 is 5.61. The fourth-order valence-electron chi connectivity index (χ4n) is 0.502. The van der Waals surface area contributed by atoms with Crippen LogP contribution < -0.4 is 11.5 Å². The van der Waals surface area contributed by atoms with Crippen LogP contribution in [0.2, 0.25) is 0 Å². The van der Waals surface area contributed by atoms with Crippen LogP contribution in [0.5, 0.6) is 0 Å². The molecule has 0 fully saturated rings. The van der Waals surface area contributed by atoms with Crippen LogP contribution in [0, 0.1) is 0 Å². The Balaban J connectivity index is 2.75. The molecular formula is C5H7BrN2O. The lowest BCUT2D eigenvalue weighted by molar-refractivity contribution is 0.187. The zero-order valence-corrected chi connectivity index (χ0v) is 6.26. The summed E-state index contributed by atoms with van der Waals surface area (Å²) in [6.45, 7) is 0. The van der Waals surface area contributed by atoms with Crippen molar-refractivity contribution in [2.24, 2.45) is 11.5 Å². The number of halogens is 1. The summed E-state index contributed by atoms with van der Waals surface area (Å²) in [5.74, 6) is 0. The maximum Gasteiger partial charge on any atom is 0.168 e. The Morgan fingerprint density at radius 3 is 2.78 bits per heavy atom. The van der Waals surface area contributed by atoms with E-state index in [0.29, 0.717) is 5.70 Å². The van der Waals surface area contributed by atoms with E-state index >= 15 is 0 Å². The van der Waals surface area contributed by atoms with Crippen molar-refractivity contribution in [3.05, 3.63) is 22.5 Å². The van der Waals surface area contributed by atoms with Gasteiger partial charge in [0.25, 0.3) is 0 Å². The summed E-state index contributed by atoms with van der Waals surface area (Å²) in [7, 11) is 0. The summed E-state index contributed by atoms with van der Waals surface area (Å²) in [6, 6.07) is 0. The van der Waals surface area contributed by atoms with Crippen molar-refractivity contribution in [2.45, 2.75) is 6.23 Å². The van der Waals surface area contributed by atoms with Gasteiger partial charge in [-0.05, 0) is 22.0 Å². The molecule has 0 spiro atoms. The van der Waals surface area contributed by atoms with Gasteiger partial charge in [0.2, 0.25) is 0 Å². The van der Waals surface area contributed by atoms with E-state index in [-0.39, 0.29) is 0 Å². The monoisotopic (exact) mass is 190 g/mol. The van der Waals surface area contributed by atoms with Crippen LogP contribution in [0.15, 0.2) is 22.5 Å². The van der Waals surface area contributed by atoms with Crippen molar-refractivity contribution < 1.29 is 4.74 Å². The fourth-order valence-corrected chi connectivity index (χ4v) is 0.742. The Kier molecular flexibility index (Phi) is 1.78. The molecule has 4 N–H and O–H groups in total. The van der Waals surface area contributed by atoms with E-state index in [4.69, 9.17) is 16.2 Å². The van der Waals surface area contributed by atoms with E-state index in [2.05, 4.69) is 15.9 Å². The molecule has 9 heavy (non-hydrogen) atoms. The van der Waals surface area contributed by atoms with Crippen LogP contribution in [0.1, 0.15) is 0 Å². The predicted molar refractivity (Wildman–Crippen MR) is 38.3 cm³/mol. The normalized spacial score (nSPS) is 26.2. The molecule has 3 nitrogen and oxygen atoms in total. The number of hydrogen-bond donors (Lipinski definition) is 2. The maximum absolute atomic E-state index is 5.45. The molecule has 0 aromatic heterocycles. The first-order valence-corrected chi connectivity index (χ1v) is 3.24. The number of allylic oxidation sites excluding steroid dienone is 1. The lowest BCUT2D eigenvalue weighted by Gasteiger charge is -2.13. The fraction of sp³-hybridized carbons (Fsp3) is 0.200. The van der Waals surface area contributed by atoms with Crippen molar-refractivity contribution in [1.82, 2.24) is 0 Å². The van der Waals surface area contributed by atoms with Crippen LogP contribution in [-0.2, 0) is 4.74 Å². The molecule has 1 heterocycles. The van der Waals surface area contributed by atoms with Crippen LogP contribution in [0.4, 0.5) is 0 Å². The van der Waals surface area contributed by atoms with Crippen LogP contribution >= 0.6 is 15.9 Å². The average molecular weight is 191 g/mol. The minimum Gasteiger partial charge on any atom is -0.478 e. The molecule has 4 heteroatoms. The lowest BCUT2D eigenvalue weighted by atomic mass is 10.3. The zero-order chi connectivity index (χ0) is 6.85. The van der Waals surface area contributed by atoms with Crippen molar-refractivity contribution in [3.63, 3.8) is 0 Å². The highest BCUT2D eigenvalue weighted by Gasteiger charge is 2.07. The molecule has 0 amide bonds. The highest BCUT2D eigenvalue weighted by Crippen LogP contribution is 2.16. The van der Waals surface area contributed by atoms with Gasteiger partial charge in [-0.1, -0.05) is 0 Å². The summed E-state index contributed by atoms with van der Waals surface area (Å²) in [6.07, 6.45) is 2.72. The molecule has 1 aliphatic heterocycles. The standard InChI is InChI=1S/C5H7BrN2O/c6-3-2-9-5(8)1-4(3)7/h1-2,5H,7-8H2. The van der Waals surface area contributed by atoms with Gasteiger partial charge in [0.15, 0.2) is 6.23 Å². The summed E-state index contributed by atoms with van der Waals surface area (Å²) >= 11 is 3.17. The van der Waals surface area contributed by atoms with Gasteiger partial charge in [0.1, 0.15) is 6.26 Å². The van der Waals surface area contributed by atoms with Gasteiger partial charge in [-0.2, -0.15) is 0 Å². The van der Waals surface area contributed by atoms with Crippen molar-refractivity contribution in [2.75, 3.05) is 0 Å². The predicted octanol–water partition coefficient (Wildman–Crippen LogP) is 0.380. The molecule has 0 saturated carbocycles. The molecule has 0 bridgehead atoms. The van der Waals surface area contributed by atoms with Gasteiger partial charge in [-0.25, -0.2) is 0 Å². The van der Waals surface area contributed by atoms with Gasteiger partial charge in [0.05, 0.1) is 4.48 Å². The first-order chi connectivity index (χ1) is 4.20. The third kappa shape index (κ3) is 1.46. The third-order valence-electron chi connectivity index (χ3n) is 0.948. The second kappa shape index (κ2) is 2.41. The van der Waals surface area contributed by atoms with Crippen LogP contribution in [0.3, 0.4) is 0 Å². The number of nitrogens with two attached hydrogens (primary N) is 2. The molecule has 0 saturated heterocycles. The Hall–Kier alpha value is -0.480. The summed E-state index contributed by atoms with van der Waals surface area (Å²) in [4.78, 5) is 0. The Labute approximate surface area is 61.5 Å². The first kappa shape index (κ1) is 6.64.